The topological polar surface area (TPSA) is 71.8 Å². The number of amides is 2. The van der Waals surface area contributed by atoms with Gasteiger partial charge in [0.15, 0.2) is 0 Å². The molecular formula is C16H24N2O4. The largest absolute Gasteiger partial charge is 0.466 e. The maximum Gasteiger partial charge on any atom is 0.258 e. The summed E-state index contributed by atoms with van der Waals surface area (Å²) in [4.78, 5) is 26.7. The lowest BCUT2D eigenvalue weighted by molar-refractivity contribution is -0.126. The van der Waals surface area contributed by atoms with Crippen LogP contribution in [-0.4, -0.2) is 49.6 Å². The van der Waals surface area contributed by atoms with E-state index in [-0.39, 0.29) is 11.8 Å². The van der Waals surface area contributed by atoms with E-state index < -0.39 is 6.04 Å². The molecule has 0 bridgehead atoms. The second-order valence-electron chi connectivity index (χ2n) is 5.62. The molecule has 1 atom stereocenters. The summed E-state index contributed by atoms with van der Waals surface area (Å²) < 4.78 is 10.4. The van der Waals surface area contributed by atoms with Gasteiger partial charge in [0.25, 0.3) is 5.91 Å². The van der Waals surface area contributed by atoms with Crippen molar-refractivity contribution in [2.24, 2.45) is 0 Å². The Kier molecular flexibility index (Phi) is 5.60. The van der Waals surface area contributed by atoms with Gasteiger partial charge in [0.1, 0.15) is 17.6 Å². The third-order valence-electron chi connectivity index (χ3n) is 3.94. The van der Waals surface area contributed by atoms with E-state index in [9.17, 15) is 9.59 Å². The van der Waals surface area contributed by atoms with Crippen molar-refractivity contribution in [2.75, 3.05) is 26.8 Å². The van der Waals surface area contributed by atoms with Gasteiger partial charge in [-0.05, 0) is 39.2 Å². The van der Waals surface area contributed by atoms with Gasteiger partial charge in [-0.2, -0.15) is 0 Å². The van der Waals surface area contributed by atoms with E-state index in [1.807, 2.05) is 6.92 Å². The van der Waals surface area contributed by atoms with Crippen LogP contribution < -0.4 is 5.32 Å². The molecule has 1 aromatic heterocycles. The Hall–Kier alpha value is -1.82. The van der Waals surface area contributed by atoms with E-state index >= 15 is 0 Å². The number of nitrogens with zero attached hydrogens (tertiary/aromatic N) is 1. The zero-order valence-corrected chi connectivity index (χ0v) is 13.5. The molecule has 6 heteroatoms. The molecule has 1 fully saturated rings. The van der Waals surface area contributed by atoms with Crippen LogP contribution >= 0.6 is 0 Å². The van der Waals surface area contributed by atoms with Crippen molar-refractivity contribution in [1.82, 2.24) is 10.2 Å². The van der Waals surface area contributed by atoms with Crippen LogP contribution in [0.25, 0.3) is 0 Å². The number of hydrogen-bond donors (Lipinski definition) is 1. The Morgan fingerprint density at radius 2 is 2.18 bits per heavy atom. The van der Waals surface area contributed by atoms with E-state index in [0.717, 1.165) is 12.8 Å². The summed E-state index contributed by atoms with van der Waals surface area (Å²) >= 11 is 0. The van der Waals surface area contributed by atoms with E-state index in [1.54, 1.807) is 25.0 Å². The number of ether oxygens (including phenoxy) is 1. The second kappa shape index (κ2) is 7.45. The number of methoxy groups -OCH3 is 1. The highest BCUT2D eigenvalue weighted by Gasteiger charge is 2.33. The Labute approximate surface area is 130 Å². The lowest BCUT2D eigenvalue weighted by atomic mass is 10.00. The molecule has 1 aliphatic heterocycles. The number of carbonyl (C=O) groups is 2. The van der Waals surface area contributed by atoms with Gasteiger partial charge in [-0.15, -0.1) is 0 Å². The van der Waals surface area contributed by atoms with Crippen LogP contribution in [0, 0.1) is 13.8 Å². The number of furan rings is 1. The number of aryl methyl sites for hydroxylation is 2. The van der Waals surface area contributed by atoms with Crippen LogP contribution in [0.4, 0.5) is 0 Å². The standard InChI is InChI=1S/C16H24N2O4/c1-11-10-13(12(2)22-11)16(20)18-8-5-4-6-14(18)15(19)17-7-9-21-3/h10,14H,4-9H2,1-3H3,(H,17,19)/t14-/m1/s1. The SMILES string of the molecule is COCCNC(=O)[C@H]1CCCCN1C(=O)c1cc(C)oc1C. The molecule has 2 rings (SSSR count). The summed E-state index contributed by atoms with van der Waals surface area (Å²) in [5.74, 6) is 1.08. The molecular weight excluding hydrogens is 284 g/mol. The van der Waals surface area contributed by atoms with Crippen molar-refractivity contribution in [1.29, 1.82) is 0 Å². The van der Waals surface area contributed by atoms with Crippen molar-refractivity contribution in [3.05, 3.63) is 23.2 Å². The van der Waals surface area contributed by atoms with E-state index in [4.69, 9.17) is 9.15 Å². The minimum atomic E-state index is -0.410. The van der Waals surface area contributed by atoms with E-state index in [0.29, 0.717) is 43.2 Å². The lowest BCUT2D eigenvalue weighted by Gasteiger charge is -2.34. The molecule has 1 N–H and O–H groups in total. The molecule has 1 aromatic rings. The Morgan fingerprint density at radius 1 is 1.41 bits per heavy atom. The monoisotopic (exact) mass is 308 g/mol. The van der Waals surface area contributed by atoms with Gasteiger partial charge in [-0.1, -0.05) is 0 Å². The van der Waals surface area contributed by atoms with Gasteiger partial charge in [0.2, 0.25) is 5.91 Å². The number of carbonyl (C=O) groups excluding carboxylic acids is 2. The van der Waals surface area contributed by atoms with Crippen molar-refractivity contribution in [3.8, 4) is 0 Å². The minimum absolute atomic E-state index is 0.108. The number of rotatable bonds is 5. The van der Waals surface area contributed by atoms with Gasteiger partial charge < -0.3 is 19.4 Å². The first-order valence-electron chi connectivity index (χ1n) is 7.69. The predicted octanol–water partition coefficient (Wildman–Crippen LogP) is 1.65. The van der Waals surface area contributed by atoms with Crippen molar-refractivity contribution < 1.29 is 18.7 Å². The van der Waals surface area contributed by atoms with Crippen LogP contribution in [0.15, 0.2) is 10.5 Å². The van der Waals surface area contributed by atoms with Gasteiger partial charge >= 0.3 is 0 Å². The molecule has 2 amide bonds. The Morgan fingerprint density at radius 3 is 2.82 bits per heavy atom. The average molecular weight is 308 g/mol. The minimum Gasteiger partial charge on any atom is -0.466 e. The van der Waals surface area contributed by atoms with Crippen molar-refractivity contribution >= 4 is 11.8 Å². The molecule has 0 radical (unpaired) electrons. The molecule has 2 heterocycles. The van der Waals surface area contributed by atoms with E-state index in [1.165, 1.54) is 0 Å². The average Bonchev–Trinajstić information content (AvgIpc) is 2.85. The highest BCUT2D eigenvalue weighted by Crippen LogP contribution is 2.23. The third kappa shape index (κ3) is 3.68. The van der Waals surface area contributed by atoms with Crippen LogP contribution in [0.2, 0.25) is 0 Å². The molecule has 22 heavy (non-hydrogen) atoms. The van der Waals surface area contributed by atoms with Crippen LogP contribution in [-0.2, 0) is 9.53 Å². The highest BCUT2D eigenvalue weighted by molar-refractivity contribution is 5.98. The van der Waals surface area contributed by atoms with Crippen LogP contribution in [0.1, 0.15) is 41.1 Å². The zero-order valence-electron chi connectivity index (χ0n) is 13.5. The van der Waals surface area contributed by atoms with Crippen molar-refractivity contribution in [3.63, 3.8) is 0 Å². The number of piperidine rings is 1. The molecule has 1 aliphatic rings. The fraction of sp³-hybridized carbons (Fsp3) is 0.625. The summed E-state index contributed by atoms with van der Waals surface area (Å²) in [6, 6.07) is 1.33. The molecule has 0 aromatic carbocycles. The molecule has 1 saturated heterocycles. The first-order valence-corrected chi connectivity index (χ1v) is 7.69. The summed E-state index contributed by atoms with van der Waals surface area (Å²) in [5.41, 5.74) is 0.550. The second-order valence-corrected chi connectivity index (χ2v) is 5.62. The van der Waals surface area contributed by atoms with Crippen LogP contribution in [0.5, 0.6) is 0 Å². The Bertz CT molecular complexity index is 538. The molecule has 0 unspecified atom stereocenters. The summed E-state index contributed by atoms with van der Waals surface area (Å²) in [6.07, 6.45) is 2.57. The Balaban J connectivity index is 2.10. The number of nitrogens with one attached hydrogen (secondary N) is 1. The summed E-state index contributed by atoms with van der Waals surface area (Å²) in [7, 11) is 1.59. The van der Waals surface area contributed by atoms with Gasteiger partial charge in [-0.25, -0.2) is 0 Å². The quantitative estimate of drug-likeness (QED) is 0.840. The summed E-state index contributed by atoms with van der Waals surface area (Å²) in [6.45, 7) is 5.11. The maximum atomic E-state index is 12.7. The maximum absolute atomic E-state index is 12.7. The predicted molar refractivity (Wildman–Crippen MR) is 81.7 cm³/mol. The summed E-state index contributed by atoms with van der Waals surface area (Å²) in [5, 5.41) is 2.83. The van der Waals surface area contributed by atoms with Gasteiger partial charge in [0, 0.05) is 20.2 Å². The van der Waals surface area contributed by atoms with Gasteiger partial charge in [-0.3, -0.25) is 9.59 Å². The fourth-order valence-electron chi connectivity index (χ4n) is 2.84. The number of hydrogen-bond acceptors (Lipinski definition) is 4. The molecule has 0 aliphatic carbocycles. The molecule has 6 nitrogen and oxygen atoms in total. The smallest absolute Gasteiger partial charge is 0.258 e. The molecule has 0 saturated carbocycles. The van der Waals surface area contributed by atoms with Crippen molar-refractivity contribution in [2.45, 2.75) is 39.2 Å². The lowest BCUT2D eigenvalue weighted by Crippen LogP contribution is -2.52. The normalized spacial score (nSPS) is 18.3. The molecule has 0 spiro atoms. The van der Waals surface area contributed by atoms with Gasteiger partial charge in [0.05, 0.1) is 12.2 Å². The first-order chi connectivity index (χ1) is 10.5. The molecule has 122 valence electrons. The van der Waals surface area contributed by atoms with Crippen LogP contribution in [0.3, 0.4) is 0 Å². The third-order valence-corrected chi connectivity index (χ3v) is 3.94. The zero-order chi connectivity index (χ0) is 16.1. The van der Waals surface area contributed by atoms with E-state index in [2.05, 4.69) is 5.32 Å². The number of likely N-dealkylation sites (tertiary alicyclic amines) is 1. The first kappa shape index (κ1) is 16.5. The highest BCUT2D eigenvalue weighted by atomic mass is 16.5. The fourth-order valence-corrected chi connectivity index (χ4v) is 2.84.